The molecule has 1 amide bonds. The zero-order valence-corrected chi connectivity index (χ0v) is 19.2. The van der Waals surface area contributed by atoms with Crippen LogP contribution in [0.4, 0.5) is 15.8 Å². The van der Waals surface area contributed by atoms with E-state index in [9.17, 15) is 17.6 Å². The Labute approximate surface area is 188 Å². The van der Waals surface area contributed by atoms with Crippen LogP contribution in [0, 0.1) is 5.82 Å². The van der Waals surface area contributed by atoms with E-state index in [1.165, 1.54) is 19.1 Å². The summed E-state index contributed by atoms with van der Waals surface area (Å²) in [6, 6.07) is 18.5. The molecule has 0 saturated heterocycles. The summed E-state index contributed by atoms with van der Waals surface area (Å²) in [7, 11) is -3.81. The predicted octanol–water partition coefficient (Wildman–Crippen LogP) is 5.17. The number of amides is 1. The molecule has 3 rings (SSSR count). The van der Waals surface area contributed by atoms with E-state index in [4.69, 9.17) is 4.74 Å². The summed E-state index contributed by atoms with van der Waals surface area (Å²) in [5, 5.41) is 2.44. The van der Waals surface area contributed by atoms with Crippen LogP contribution in [0.15, 0.2) is 77.3 Å². The van der Waals surface area contributed by atoms with E-state index in [0.29, 0.717) is 16.0 Å². The van der Waals surface area contributed by atoms with Gasteiger partial charge in [0.2, 0.25) is 15.9 Å². The van der Waals surface area contributed by atoms with Gasteiger partial charge in [0.15, 0.2) is 0 Å². The van der Waals surface area contributed by atoms with Crippen LogP contribution in [0.1, 0.15) is 6.92 Å². The molecule has 0 unspecified atom stereocenters. The van der Waals surface area contributed by atoms with Crippen LogP contribution >= 0.6 is 15.9 Å². The number of nitrogens with one attached hydrogen (secondary N) is 1. The van der Waals surface area contributed by atoms with Crippen molar-refractivity contribution in [3.8, 4) is 11.5 Å². The monoisotopic (exact) mass is 506 g/mol. The Morgan fingerprint density at radius 1 is 1.03 bits per heavy atom. The maximum atomic E-state index is 14.1. The van der Waals surface area contributed by atoms with E-state index in [2.05, 4.69) is 21.2 Å². The molecule has 0 spiro atoms. The van der Waals surface area contributed by atoms with Gasteiger partial charge in [-0.2, -0.15) is 0 Å². The Balaban J connectivity index is 1.81. The highest BCUT2D eigenvalue weighted by Crippen LogP contribution is 2.27. The van der Waals surface area contributed by atoms with E-state index in [1.54, 1.807) is 42.5 Å². The van der Waals surface area contributed by atoms with Crippen molar-refractivity contribution >= 4 is 43.2 Å². The van der Waals surface area contributed by atoms with Gasteiger partial charge in [-0.05, 0) is 61.5 Å². The van der Waals surface area contributed by atoms with Gasteiger partial charge in [-0.3, -0.25) is 9.10 Å². The van der Waals surface area contributed by atoms with Crippen molar-refractivity contribution in [2.45, 2.75) is 13.0 Å². The Hall–Kier alpha value is -2.91. The Morgan fingerprint density at radius 3 is 2.23 bits per heavy atom. The number of ether oxygens (including phenoxy) is 1. The van der Waals surface area contributed by atoms with Crippen LogP contribution in [-0.2, 0) is 14.8 Å². The first-order valence-electron chi connectivity index (χ1n) is 9.23. The lowest BCUT2D eigenvalue weighted by atomic mass is 10.2. The SMILES string of the molecule is C[C@H](C(=O)Nc1ccc(Br)cc1F)N(c1ccc(Oc2ccccc2)cc1)S(C)(=O)=O. The molecule has 0 aliphatic heterocycles. The number of hydrogen-bond donors (Lipinski definition) is 1. The number of carbonyl (C=O) groups is 1. The summed E-state index contributed by atoms with van der Waals surface area (Å²) in [4.78, 5) is 12.7. The van der Waals surface area contributed by atoms with Gasteiger partial charge >= 0.3 is 0 Å². The van der Waals surface area contributed by atoms with E-state index in [-0.39, 0.29) is 11.4 Å². The Kier molecular flexibility index (Phi) is 6.97. The number of halogens is 2. The highest BCUT2D eigenvalue weighted by molar-refractivity contribution is 9.10. The summed E-state index contributed by atoms with van der Waals surface area (Å²) >= 11 is 3.15. The number of nitrogens with zero attached hydrogens (tertiary/aromatic N) is 1. The number of para-hydroxylation sites is 1. The van der Waals surface area contributed by atoms with Crippen LogP contribution in [0.25, 0.3) is 0 Å². The Bertz CT molecular complexity index is 1170. The van der Waals surface area contributed by atoms with Gasteiger partial charge < -0.3 is 10.1 Å². The molecule has 0 bridgehead atoms. The summed E-state index contributed by atoms with van der Waals surface area (Å²) in [5.41, 5.74) is 0.238. The lowest BCUT2D eigenvalue weighted by Crippen LogP contribution is -2.45. The molecule has 0 heterocycles. The number of sulfonamides is 1. The molecule has 0 aliphatic carbocycles. The van der Waals surface area contributed by atoms with E-state index < -0.39 is 27.8 Å². The average Bonchev–Trinajstić information content (AvgIpc) is 2.71. The van der Waals surface area contributed by atoms with Crippen LogP contribution in [-0.4, -0.2) is 26.6 Å². The fourth-order valence-corrected chi connectivity index (χ4v) is 4.43. The summed E-state index contributed by atoms with van der Waals surface area (Å²) in [5.74, 6) is -0.156. The highest BCUT2D eigenvalue weighted by Gasteiger charge is 2.29. The standard InChI is InChI=1S/C22H20BrFN2O4S/c1-15(22(27)25-21-13-8-16(23)14-20(21)24)26(31(2,28)29)17-9-11-19(12-10-17)30-18-6-4-3-5-7-18/h3-15H,1-2H3,(H,25,27)/t15-/m1/s1. The van der Waals surface area contributed by atoms with Crippen molar-refractivity contribution in [1.29, 1.82) is 0 Å². The van der Waals surface area contributed by atoms with Gasteiger partial charge in [-0.15, -0.1) is 0 Å². The van der Waals surface area contributed by atoms with Crippen LogP contribution < -0.4 is 14.4 Å². The fraction of sp³-hybridized carbons (Fsp3) is 0.136. The first kappa shape index (κ1) is 22.8. The molecule has 3 aromatic carbocycles. The van der Waals surface area contributed by atoms with Gasteiger partial charge in [0.25, 0.3) is 0 Å². The van der Waals surface area contributed by atoms with Gasteiger partial charge in [-0.1, -0.05) is 34.1 Å². The number of hydrogen-bond acceptors (Lipinski definition) is 4. The second-order valence-electron chi connectivity index (χ2n) is 6.76. The molecule has 162 valence electrons. The Morgan fingerprint density at radius 2 is 1.65 bits per heavy atom. The molecule has 0 aromatic heterocycles. The van der Waals surface area contributed by atoms with Crippen LogP contribution in [0.3, 0.4) is 0 Å². The molecular weight excluding hydrogens is 487 g/mol. The quantitative estimate of drug-likeness (QED) is 0.479. The van der Waals surface area contributed by atoms with Crippen molar-refractivity contribution < 1.29 is 22.3 Å². The maximum absolute atomic E-state index is 14.1. The number of anilines is 2. The minimum Gasteiger partial charge on any atom is -0.457 e. The first-order chi connectivity index (χ1) is 14.6. The summed E-state index contributed by atoms with van der Waals surface area (Å²) < 4.78 is 46.2. The topological polar surface area (TPSA) is 75.7 Å². The molecule has 0 aliphatic rings. The number of rotatable bonds is 7. The largest absolute Gasteiger partial charge is 0.457 e. The minimum atomic E-state index is -3.81. The summed E-state index contributed by atoms with van der Waals surface area (Å²) in [6.07, 6.45) is 1.01. The smallest absolute Gasteiger partial charge is 0.248 e. The predicted molar refractivity (Wildman–Crippen MR) is 122 cm³/mol. The van der Waals surface area contributed by atoms with Gasteiger partial charge in [0.1, 0.15) is 23.4 Å². The van der Waals surface area contributed by atoms with Gasteiger partial charge in [0.05, 0.1) is 17.6 Å². The summed E-state index contributed by atoms with van der Waals surface area (Å²) in [6.45, 7) is 1.43. The van der Waals surface area contributed by atoms with E-state index in [1.807, 2.05) is 18.2 Å². The molecule has 9 heteroatoms. The minimum absolute atomic E-state index is 0.0416. The molecule has 31 heavy (non-hydrogen) atoms. The normalized spacial score (nSPS) is 12.1. The third kappa shape index (κ3) is 5.83. The molecular formula is C22H20BrFN2O4S. The first-order valence-corrected chi connectivity index (χ1v) is 11.9. The molecule has 3 aromatic rings. The van der Waals surface area contributed by atoms with Crippen molar-refractivity contribution in [3.63, 3.8) is 0 Å². The van der Waals surface area contributed by atoms with Gasteiger partial charge in [0, 0.05) is 4.47 Å². The van der Waals surface area contributed by atoms with Crippen molar-refractivity contribution in [2.24, 2.45) is 0 Å². The van der Waals surface area contributed by atoms with E-state index >= 15 is 0 Å². The average molecular weight is 507 g/mol. The molecule has 1 atom stereocenters. The van der Waals surface area contributed by atoms with Crippen molar-refractivity contribution in [1.82, 2.24) is 0 Å². The molecule has 0 saturated carbocycles. The molecule has 6 nitrogen and oxygen atoms in total. The van der Waals surface area contributed by atoms with Crippen LogP contribution in [0.2, 0.25) is 0 Å². The second-order valence-corrected chi connectivity index (χ2v) is 9.53. The van der Waals surface area contributed by atoms with E-state index in [0.717, 1.165) is 10.6 Å². The van der Waals surface area contributed by atoms with Crippen molar-refractivity contribution in [3.05, 3.63) is 83.1 Å². The molecule has 0 fully saturated rings. The molecule has 1 N–H and O–H groups in total. The van der Waals surface area contributed by atoms with Crippen molar-refractivity contribution in [2.75, 3.05) is 15.9 Å². The fourth-order valence-electron chi connectivity index (χ4n) is 2.92. The number of benzene rings is 3. The third-order valence-corrected chi connectivity index (χ3v) is 6.08. The third-order valence-electron chi connectivity index (χ3n) is 4.35. The zero-order valence-electron chi connectivity index (χ0n) is 16.7. The van der Waals surface area contributed by atoms with Gasteiger partial charge in [-0.25, -0.2) is 12.8 Å². The van der Waals surface area contributed by atoms with Crippen LogP contribution in [0.5, 0.6) is 11.5 Å². The maximum Gasteiger partial charge on any atom is 0.248 e. The number of carbonyl (C=O) groups excluding carboxylic acids is 1. The lowest BCUT2D eigenvalue weighted by Gasteiger charge is -2.28. The lowest BCUT2D eigenvalue weighted by molar-refractivity contribution is -0.116. The highest BCUT2D eigenvalue weighted by atomic mass is 79.9. The zero-order chi connectivity index (χ0) is 22.6. The second kappa shape index (κ2) is 9.49. The molecule has 0 radical (unpaired) electrons.